The lowest BCUT2D eigenvalue weighted by molar-refractivity contribution is 0.0954. The molecule has 4 heteroatoms. The highest BCUT2D eigenvalue weighted by molar-refractivity contribution is 6.20. The van der Waals surface area contributed by atoms with Crippen molar-refractivity contribution in [1.29, 1.82) is 0 Å². The van der Waals surface area contributed by atoms with Gasteiger partial charge in [0.2, 0.25) is 0 Å². The van der Waals surface area contributed by atoms with E-state index in [0.717, 1.165) is 17.4 Å². The van der Waals surface area contributed by atoms with Crippen molar-refractivity contribution in [2.45, 2.75) is 18.7 Å². The van der Waals surface area contributed by atoms with Crippen LogP contribution < -0.4 is 5.32 Å². The molecular weight excluding hydrogens is 238 g/mol. The van der Waals surface area contributed by atoms with Gasteiger partial charge in [0.1, 0.15) is 11.8 Å². The first kappa shape index (κ1) is 12.0. The van der Waals surface area contributed by atoms with Gasteiger partial charge in [-0.25, -0.2) is 0 Å². The summed E-state index contributed by atoms with van der Waals surface area (Å²) in [6.07, 6.45) is 2.24. The van der Waals surface area contributed by atoms with E-state index in [1.165, 1.54) is 6.26 Å². The van der Waals surface area contributed by atoms with Crippen LogP contribution >= 0.6 is 11.6 Å². The number of carbonyl (C=O) groups excluding carboxylic acids is 1. The highest BCUT2D eigenvalue weighted by Crippen LogP contribution is 2.20. The fraction of sp³-hybridized carbons (Fsp3) is 0.308. The normalized spacial score (nSPS) is 12.6. The van der Waals surface area contributed by atoms with E-state index < -0.39 is 0 Å². The number of alkyl halides is 1. The molecule has 1 unspecified atom stereocenters. The van der Waals surface area contributed by atoms with Gasteiger partial charge >= 0.3 is 0 Å². The number of fused-ring (bicyclic) bond motifs is 1. The number of nitrogens with one attached hydrogen (secondary N) is 1. The highest BCUT2D eigenvalue weighted by atomic mass is 35.5. The molecule has 1 N–H and O–H groups in total. The lowest BCUT2D eigenvalue weighted by Crippen LogP contribution is -2.25. The zero-order valence-corrected chi connectivity index (χ0v) is 10.3. The second-order valence-electron chi connectivity index (χ2n) is 3.97. The number of hydrogen-bond donors (Lipinski definition) is 1. The molecule has 0 aliphatic carbocycles. The SMILES string of the molecule is CC(Cl)CCNC(=O)c1coc2ccccc12. The van der Waals surface area contributed by atoms with Crippen LogP contribution in [-0.2, 0) is 0 Å². The number of amides is 1. The fourth-order valence-corrected chi connectivity index (χ4v) is 1.74. The minimum atomic E-state index is -0.118. The van der Waals surface area contributed by atoms with E-state index in [-0.39, 0.29) is 11.3 Å². The Bertz CT molecular complexity index is 519. The van der Waals surface area contributed by atoms with Gasteiger partial charge in [0, 0.05) is 17.3 Å². The topological polar surface area (TPSA) is 42.2 Å². The monoisotopic (exact) mass is 251 g/mol. The number of benzene rings is 1. The molecule has 0 spiro atoms. The first-order valence-electron chi connectivity index (χ1n) is 5.57. The summed E-state index contributed by atoms with van der Waals surface area (Å²) < 4.78 is 5.31. The Morgan fingerprint density at radius 1 is 1.47 bits per heavy atom. The van der Waals surface area contributed by atoms with Crippen LogP contribution in [0, 0.1) is 0 Å². The molecule has 90 valence electrons. The van der Waals surface area contributed by atoms with Gasteiger partial charge in [-0.05, 0) is 19.4 Å². The number of halogens is 1. The Balaban J connectivity index is 2.09. The van der Waals surface area contributed by atoms with Crippen molar-refractivity contribution in [2.75, 3.05) is 6.54 Å². The predicted molar refractivity (Wildman–Crippen MR) is 68.5 cm³/mol. The molecule has 2 rings (SSSR count). The maximum absolute atomic E-state index is 11.9. The first-order valence-corrected chi connectivity index (χ1v) is 6.00. The Kier molecular flexibility index (Phi) is 3.69. The fourth-order valence-electron chi connectivity index (χ4n) is 1.63. The van der Waals surface area contributed by atoms with E-state index in [4.69, 9.17) is 16.0 Å². The quantitative estimate of drug-likeness (QED) is 0.848. The van der Waals surface area contributed by atoms with Gasteiger partial charge in [0.05, 0.1) is 5.56 Å². The third-order valence-corrected chi connectivity index (χ3v) is 2.77. The van der Waals surface area contributed by atoms with Gasteiger partial charge in [-0.2, -0.15) is 0 Å². The summed E-state index contributed by atoms with van der Waals surface area (Å²) in [6, 6.07) is 7.48. The minimum absolute atomic E-state index is 0.0661. The Hall–Kier alpha value is -1.48. The van der Waals surface area contributed by atoms with E-state index in [1.807, 2.05) is 31.2 Å². The lowest BCUT2D eigenvalue weighted by atomic mass is 10.1. The summed E-state index contributed by atoms with van der Waals surface area (Å²) >= 11 is 5.81. The van der Waals surface area contributed by atoms with Crippen LogP contribution in [-0.4, -0.2) is 17.8 Å². The molecule has 2 aromatic rings. The average molecular weight is 252 g/mol. The zero-order valence-electron chi connectivity index (χ0n) is 9.57. The van der Waals surface area contributed by atoms with E-state index in [1.54, 1.807) is 0 Å². The third-order valence-electron chi connectivity index (χ3n) is 2.55. The molecule has 1 heterocycles. The molecule has 1 aromatic carbocycles. The molecular formula is C13H14ClNO2. The molecule has 17 heavy (non-hydrogen) atoms. The van der Waals surface area contributed by atoms with Crippen molar-refractivity contribution in [2.24, 2.45) is 0 Å². The molecule has 0 radical (unpaired) electrons. The number of hydrogen-bond acceptors (Lipinski definition) is 2. The summed E-state index contributed by atoms with van der Waals surface area (Å²) in [4.78, 5) is 11.9. The average Bonchev–Trinajstić information content (AvgIpc) is 2.72. The third kappa shape index (κ3) is 2.80. The number of para-hydroxylation sites is 1. The maximum Gasteiger partial charge on any atom is 0.255 e. The molecule has 1 aromatic heterocycles. The molecule has 0 saturated heterocycles. The molecule has 1 atom stereocenters. The van der Waals surface area contributed by atoms with Crippen molar-refractivity contribution in [3.05, 3.63) is 36.1 Å². The van der Waals surface area contributed by atoms with Gasteiger partial charge in [-0.3, -0.25) is 4.79 Å². The van der Waals surface area contributed by atoms with Gasteiger partial charge in [-0.1, -0.05) is 18.2 Å². The van der Waals surface area contributed by atoms with Crippen LogP contribution in [0.1, 0.15) is 23.7 Å². The summed E-state index contributed by atoms with van der Waals surface area (Å²) in [6.45, 7) is 2.48. The molecule has 0 bridgehead atoms. The maximum atomic E-state index is 11.9. The van der Waals surface area contributed by atoms with Crippen molar-refractivity contribution in [3.8, 4) is 0 Å². The molecule has 1 amide bonds. The van der Waals surface area contributed by atoms with E-state index >= 15 is 0 Å². The van der Waals surface area contributed by atoms with Crippen molar-refractivity contribution in [3.63, 3.8) is 0 Å². The van der Waals surface area contributed by atoms with Crippen LogP contribution in [0.3, 0.4) is 0 Å². The van der Waals surface area contributed by atoms with Gasteiger partial charge in [0.25, 0.3) is 5.91 Å². The van der Waals surface area contributed by atoms with Gasteiger partial charge in [-0.15, -0.1) is 11.6 Å². The van der Waals surface area contributed by atoms with Crippen LogP contribution in [0.15, 0.2) is 34.9 Å². The Morgan fingerprint density at radius 2 is 2.24 bits per heavy atom. The van der Waals surface area contributed by atoms with E-state index in [9.17, 15) is 4.79 Å². The molecule has 0 aliphatic rings. The highest BCUT2D eigenvalue weighted by Gasteiger charge is 2.12. The molecule has 3 nitrogen and oxygen atoms in total. The smallest absolute Gasteiger partial charge is 0.255 e. The van der Waals surface area contributed by atoms with Crippen molar-refractivity contribution < 1.29 is 9.21 Å². The molecule has 0 fully saturated rings. The van der Waals surface area contributed by atoms with Gasteiger partial charge < -0.3 is 9.73 Å². The van der Waals surface area contributed by atoms with Crippen LogP contribution in [0.25, 0.3) is 11.0 Å². The zero-order chi connectivity index (χ0) is 12.3. The molecule has 0 aliphatic heterocycles. The van der Waals surface area contributed by atoms with E-state index in [0.29, 0.717) is 12.1 Å². The first-order chi connectivity index (χ1) is 8.18. The number of rotatable bonds is 4. The van der Waals surface area contributed by atoms with Crippen LogP contribution in [0.2, 0.25) is 0 Å². The second kappa shape index (κ2) is 5.23. The predicted octanol–water partition coefficient (Wildman–Crippen LogP) is 3.18. The van der Waals surface area contributed by atoms with Crippen LogP contribution in [0.4, 0.5) is 0 Å². The summed E-state index contributed by atoms with van der Waals surface area (Å²) in [7, 11) is 0. The molecule has 0 saturated carbocycles. The Morgan fingerprint density at radius 3 is 3.00 bits per heavy atom. The van der Waals surface area contributed by atoms with E-state index in [2.05, 4.69) is 5.32 Å². The Labute approximate surface area is 105 Å². The standard InChI is InChI=1S/C13H14ClNO2/c1-9(14)6-7-15-13(16)11-8-17-12-5-3-2-4-10(11)12/h2-5,8-9H,6-7H2,1H3,(H,15,16). The minimum Gasteiger partial charge on any atom is -0.463 e. The summed E-state index contributed by atoms with van der Waals surface area (Å²) in [5.41, 5.74) is 1.30. The number of furan rings is 1. The summed E-state index contributed by atoms with van der Waals surface area (Å²) in [5.74, 6) is -0.118. The van der Waals surface area contributed by atoms with Gasteiger partial charge in [0.15, 0.2) is 0 Å². The second-order valence-corrected chi connectivity index (χ2v) is 4.72. The van der Waals surface area contributed by atoms with Crippen molar-refractivity contribution in [1.82, 2.24) is 5.32 Å². The largest absolute Gasteiger partial charge is 0.463 e. The lowest BCUT2D eigenvalue weighted by Gasteiger charge is -2.04. The summed E-state index contributed by atoms with van der Waals surface area (Å²) in [5, 5.41) is 3.73. The van der Waals surface area contributed by atoms with Crippen molar-refractivity contribution >= 4 is 28.5 Å². The van der Waals surface area contributed by atoms with Crippen LogP contribution in [0.5, 0.6) is 0 Å². The number of carbonyl (C=O) groups is 1.